The number of piperidine rings is 1. The maximum atomic E-state index is 13.0. The maximum Gasteiger partial charge on any atom is 0.233 e. The Kier molecular flexibility index (Phi) is 6.64. The molecule has 1 amide bonds. The van der Waals surface area contributed by atoms with Gasteiger partial charge in [0.25, 0.3) is 0 Å². The molecular formula is C20H32N4O2. The van der Waals surface area contributed by atoms with Gasteiger partial charge in [-0.25, -0.2) is 0 Å². The lowest BCUT2D eigenvalue weighted by Gasteiger charge is -2.35. The van der Waals surface area contributed by atoms with Gasteiger partial charge >= 0.3 is 0 Å². The summed E-state index contributed by atoms with van der Waals surface area (Å²) in [4.78, 5) is 17.8. The summed E-state index contributed by atoms with van der Waals surface area (Å²) in [6.07, 6.45) is 1.63. The highest BCUT2D eigenvalue weighted by molar-refractivity contribution is 5.95. The fourth-order valence-electron chi connectivity index (χ4n) is 3.89. The molecule has 0 saturated carbocycles. The first-order chi connectivity index (χ1) is 12.6. The summed E-state index contributed by atoms with van der Waals surface area (Å²) in [7, 11) is 3.85. The molecule has 6 heteroatoms. The molecule has 2 heterocycles. The van der Waals surface area contributed by atoms with Crippen molar-refractivity contribution in [2.45, 2.75) is 19.4 Å². The van der Waals surface area contributed by atoms with Gasteiger partial charge in [-0.1, -0.05) is 12.1 Å². The van der Waals surface area contributed by atoms with Gasteiger partial charge in [-0.05, 0) is 50.7 Å². The molecule has 144 valence electrons. The zero-order valence-corrected chi connectivity index (χ0v) is 16.1. The van der Waals surface area contributed by atoms with Crippen LogP contribution in [0.3, 0.4) is 0 Å². The average molecular weight is 361 g/mol. The number of amides is 1. The molecule has 2 aliphatic rings. The average Bonchev–Trinajstić information content (AvgIpc) is 2.65. The monoisotopic (exact) mass is 360 g/mol. The molecule has 1 aromatic rings. The van der Waals surface area contributed by atoms with Crippen LogP contribution in [0.1, 0.15) is 18.4 Å². The van der Waals surface area contributed by atoms with Crippen LogP contribution in [0.5, 0.6) is 0 Å². The van der Waals surface area contributed by atoms with Crippen molar-refractivity contribution in [3.05, 3.63) is 29.8 Å². The zero-order chi connectivity index (χ0) is 18.4. The van der Waals surface area contributed by atoms with Crippen molar-refractivity contribution < 1.29 is 9.53 Å². The number of methoxy groups -OCH3 is 1. The Morgan fingerprint density at radius 3 is 2.65 bits per heavy atom. The van der Waals surface area contributed by atoms with E-state index in [9.17, 15) is 4.79 Å². The van der Waals surface area contributed by atoms with Crippen molar-refractivity contribution in [1.29, 1.82) is 0 Å². The number of nitrogens with one attached hydrogen (secondary N) is 2. The predicted octanol–water partition coefficient (Wildman–Crippen LogP) is 1.39. The normalized spacial score (nSPS) is 21.5. The number of nitrogens with zero attached hydrogens (tertiary/aromatic N) is 2. The second kappa shape index (κ2) is 8.95. The first kappa shape index (κ1) is 19.3. The number of rotatable bonds is 6. The summed E-state index contributed by atoms with van der Waals surface area (Å²) >= 11 is 0. The van der Waals surface area contributed by atoms with Crippen LogP contribution in [0.2, 0.25) is 0 Å². The van der Waals surface area contributed by atoms with E-state index in [0.29, 0.717) is 6.61 Å². The third kappa shape index (κ3) is 4.82. The van der Waals surface area contributed by atoms with Crippen LogP contribution in [0, 0.1) is 5.41 Å². The molecule has 0 radical (unpaired) electrons. The van der Waals surface area contributed by atoms with Crippen LogP contribution < -0.4 is 10.6 Å². The SMILES string of the molecule is COCC1(C(=O)Nc2cccc(CN3CCN(C)CC3)c2)CCNCC1. The summed E-state index contributed by atoms with van der Waals surface area (Å²) in [5, 5.41) is 6.48. The van der Waals surface area contributed by atoms with Gasteiger partial charge in [0.15, 0.2) is 0 Å². The molecule has 3 rings (SSSR count). The Morgan fingerprint density at radius 2 is 1.96 bits per heavy atom. The minimum absolute atomic E-state index is 0.0811. The molecule has 0 aromatic heterocycles. The molecule has 1 aromatic carbocycles. The smallest absolute Gasteiger partial charge is 0.233 e. The van der Waals surface area contributed by atoms with E-state index in [0.717, 1.165) is 64.3 Å². The molecular weight excluding hydrogens is 328 g/mol. The number of ether oxygens (including phenoxy) is 1. The van der Waals surface area contributed by atoms with Crippen molar-refractivity contribution in [1.82, 2.24) is 15.1 Å². The topological polar surface area (TPSA) is 56.8 Å². The number of piperazine rings is 1. The molecule has 26 heavy (non-hydrogen) atoms. The lowest BCUT2D eigenvalue weighted by atomic mass is 9.78. The number of carbonyl (C=O) groups is 1. The Bertz CT molecular complexity index is 588. The molecule has 2 N–H and O–H groups in total. The maximum absolute atomic E-state index is 13.0. The number of likely N-dealkylation sites (N-methyl/N-ethyl adjacent to an activating group) is 1. The van der Waals surface area contributed by atoms with Crippen LogP contribution in [0.4, 0.5) is 5.69 Å². The standard InChI is InChI=1S/C20H32N4O2/c1-23-10-12-24(13-11-23)15-17-4-3-5-18(14-17)22-19(25)20(16-26-2)6-8-21-9-7-20/h3-5,14,21H,6-13,15-16H2,1-2H3,(H,22,25). The lowest BCUT2D eigenvalue weighted by Crippen LogP contribution is -2.47. The van der Waals surface area contributed by atoms with Gasteiger partial charge in [0.1, 0.15) is 0 Å². The van der Waals surface area contributed by atoms with E-state index in [1.165, 1.54) is 5.56 Å². The third-order valence-electron chi connectivity index (χ3n) is 5.65. The Balaban J connectivity index is 1.63. The summed E-state index contributed by atoms with van der Waals surface area (Å²) in [5.41, 5.74) is 1.71. The molecule has 6 nitrogen and oxygen atoms in total. The minimum atomic E-state index is -0.423. The van der Waals surface area contributed by atoms with E-state index in [1.807, 2.05) is 12.1 Å². The van der Waals surface area contributed by atoms with Gasteiger partial charge in [0, 0.05) is 45.5 Å². The molecule has 0 bridgehead atoms. The molecule has 0 spiro atoms. The van der Waals surface area contributed by atoms with Crippen molar-refractivity contribution in [3.8, 4) is 0 Å². The third-order valence-corrected chi connectivity index (χ3v) is 5.65. The van der Waals surface area contributed by atoms with Crippen molar-refractivity contribution in [2.24, 2.45) is 5.41 Å². The van der Waals surface area contributed by atoms with Crippen molar-refractivity contribution in [3.63, 3.8) is 0 Å². The quantitative estimate of drug-likeness (QED) is 0.803. The van der Waals surface area contributed by atoms with Crippen LogP contribution in [-0.4, -0.2) is 75.7 Å². The number of anilines is 1. The highest BCUT2D eigenvalue weighted by atomic mass is 16.5. The number of hydrogen-bond acceptors (Lipinski definition) is 5. The van der Waals surface area contributed by atoms with E-state index < -0.39 is 5.41 Å². The van der Waals surface area contributed by atoms with E-state index >= 15 is 0 Å². The highest BCUT2D eigenvalue weighted by Crippen LogP contribution is 2.31. The lowest BCUT2D eigenvalue weighted by molar-refractivity contribution is -0.130. The van der Waals surface area contributed by atoms with Crippen molar-refractivity contribution >= 4 is 11.6 Å². The van der Waals surface area contributed by atoms with Crippen LogP contribution in [-0.2, 0) is 16.1 Å². The zero-order valence-electron chi connectivity index (χ0n) is 16.1. The second-order valence-corrected chi connectivity index (χ2v) is 7.70. The van der Waals surface area contributed by atoms with Crippen LogP contribution >= 0.6 is 0 Å². The summed E-state index contributed by atoms with van der Waals surface area (Å²) < 4.78 is 5.38. The molecule has 0 atom stereocenters. The van der Waals surface area contributed by atoms with Crippen molar-refractivity contribution in [2.75, 3.05) is 65.3 Å². The summed E-state index contributed by atoms with van der Waals surface area (Å²) in [5.74, 6) is 0.0811. The molecule has 0 unspecified atom stereocenters. The minimum Gasteiger partial charge on any atom is -0.384 e. The van der Waals surface area contributed by atoms with Crippen LogP contribution in [0.25, 0.3) is 0 Å². The molecule has 2 fully saturated rings. The van der Waals surface area contributed by atoms with E-state index in [-0.39, 0.29) is 5.91 Å². The first-order valence-corrected chi connectivity index (χ1v) is 9.62. The highest BCUT2D eigenvalue weighted by Gasteiger charge is 2.39. The van der Waals surface area contributed by atoms with E-state index in [4.69, 9.17) is 4.74 Å². The fourth-order valence-corrected chi connectivity index (χ4v) is 3.89. The van der Waals surface area contributed by atoms with Gasteiger partial charge in [0.05, 0.1) is 12.0 Å². The molecule has 2 saturated heterocycles. The number of benzene rings is 1. The predicted molar refractivity (Wildman–Crippen MR) is 104 cm³/mol. The Hall–Kier alpha value is -1.47. The summed E-state index contributed by atoms with van der Waals surface area (Å²) in [6, 6.07) is 8.26. The van der Waals surface area contributed by atoms with E-state index in [2.05, 4.69) is 39.6 Å². The fraction of sp³-hybridized carbons (Fsp3) is 0.650. The van der Waals surface area contributed by atoms with Gasteiger partial charge in [-0.2, -0.15) is 0 Å². The Labute approximate surface area is 156 Å². The largest absolute Gasteiger partial charge is 0.384 e. The van der Waals surface area contributed by atoms with Gasteiger partial charge in [-0.15, -0.1) is 0 Å². The second-order valence-electron chi connectivity index (χ2n) is 7.70. The molecule has 0 aliphatic carbocycles. The van der Waals surface area contributed by atoms with Gasteiger partial charge in [-0.3, -0.25) is 9.69 Å². The van der Waals surface area contributed by atoms with Gasteiger partial charge < -0.3 is 20.3 Å². The Morgan fingerprint density at radius 1 is 1.23 bits per heavy atom. The number of hydrogen-bond donors (Lipinski definition) is 2. The van der Waals surface area contributed by atoms with Crippen LogP contribution in [0.15, 0.2) is 24.3 Å². The summed E-state index contributed by atoms with van der Waals surface area (Å²) in [6.45, 7) is 7.55. The first-order valence-electron chi connectivity index (χ1n) is 9.62. The number of carbonyl (C=O) groups excluding carboxylic acids is 1. The van der Waals surface area contributed by atoms with E-state index in [1.54, 1.807) is 7.11 Å². The molecule has 2 aliphatic heterocycles. The van der Waals surface area contributed by atoms with Gasteiger partial charge in [0.2, 0.25) is 5.91 Å².